The highest BCUT2D eigenvalue weighted by Crippen LogP contribution is 2.30. The van der Waals surface area contributed by atoms with Crippen LogP contribution in [-0.4, -0.2) is 11.6 Å². The Kier molecular flexibility index (Phi) is 2.80. The van der Waals surface area contributed by atoms with Crippen LogP contribution in [0.2, 0.25) is 0 Å². The lowest BCUT2D eigenvalue weighted by Crippen LogP contribution is -2.29. The molecule has 5 heteroatoms. The smallest absolute Gasteiger partial charge is 0.122 e. The van der Waals surface area contributed by atoms with Gasteiger partial charge in [-0.2, -0.15) is 0 Å². The molecule has 0 aliphatic carbocycles. The molecule has 1 aromatic carbocycles. The average molecular weight is 247 g/mol. The van der Waals surface area contributed by atoms with Crippen LogP contribution in [0.4, 0.5) is 0 Å². The second-order valence-corrected chi connectivity index (χ2v) is 4.70. The van der Waals surface area contributed by atoms with E-state index in [0.717, 1.165) is 30.0 Å². The van der Waals surface area contributed by atoms with Crippen LogP contribution in [0.1, 0.15) is 22.9 Å². The zero-order valence-corrected chi connectivity index (χ0v) is 10.0. The first-order chi connectivity index (χ1) is 8.38. The Balaban J connectivity index is 1.97. The van der Waals surface area contributed by atoms with Gasteiger partial charge in [0, 0.05) is 11.8 Å². The minimum atomic E-state index is -0.0489. The molecule has 3 N–H and O–H groups in total. The molecule has 2 aromatic rings. The molecular weight excluding hydrogens is 234 g/mol. The third-order valence-electron chi connectivity index (χ3n) is 2.96. The predicted octanol–water partition coefficient (Wildman–Crippen LogP) is 1.63. The van der Waals surface area contributed by atoms with Crippen LogP contribution in [0, 0.1) is 0 Å². The average Bonchev–Trinajstić information content (AvgIpc) is 2.99. The van der Waals surface area contributed by atoms with Gasteiger partial charge in [-0.15, -0.1) is 11.3 Å². The monoisotopic (exact) mass is 247 g/mol. The van der Waals surface area contributed by atoms with Crippen molar-refractivity contribution in [3.8, 4) is 5.75 Å². The number of hydrogen-bond donors (Lipinski definition) is 2. The Labute approximate surface area is 103 Å². The van der Waals surface area contributed by atoms with E-state index in [-0.39, 0.29) is 6.04 Å². The Hall–Kier alpha value is -1.43. The lowest BCUT2D eigenvalue weighted by atomic mass is 10.0. The van der Waals surface area contributed by atoms with Crippen LogP contribution in [0.3, 0.4) is 0 Å². The van der Waals surface area contributed by atoms with Gasteiger partial charge in [-0.1, -0.05) is 6.07 Å². The molecule has 0 bridgehead atoms. The molecule has 3 rings (SSSR count). The Morgan fingerprint density at radius 1 is 1.47 bits per heavy atom. The summed E-state index contributed by atoms with van der Waals surface area (Å²) in [6, 6.07) is 6.14. The van der Waals surface area contributed by atoms with Gasteiger partial charge in [0.05, 0.1) is 23.9 Å². The molecule has 0 radical (unpaired) electrons. The number of nitrogens with two attached hydrogens (primary N) is 1. The fourth-order valence-corrected chi connectivity index (χ4v) is 2.68. The highest BCUT2D eigenvalue weighted by molar-refractivity contribution is 7.07. The van der Waals surface area contributed by atoms with E-state index in [0.29, 0.717) is 0 Å². The first-order valence-corrected chi connectivity index (χ1v) is 6.42. The van der Waals surface area contributed by atoms with Crippen LogP contribution in [0.5, 0.6) is 5.75 Å². The zero-order valence-electron chi connectivity index (χ0n) is 9.22. The van der Waals surface area contributed by atoms with Crippen LogP contribution in [0.25, 0.3) is 0 Å². The molecule has 0 amide bonds. The molecule has 17 heavy (non-hydrogen) atoms. The van der Waals surface area contributed by atoms with Crippen molar-refractivity contribution in [2.45, 2.75) is 12.5 Å². The fourth-order valence-electron chi connectivity index (χ4n) is 2.10. The minimum Gasteiger partial charge on any atom is -0.493 e. The van der Waals surface area contributed by atoms with Crippen molar-refractivity contribution in [2.24, 2.45) is 5.84 Å². The van der Waals surface area contributed by atoms with E-state index in [4.69, 9.17) is 10.6 Å². The molecule has 0 fully saturated rings. The fraction of sp³-hybridized carbons (Fsp3) is 0.250. The van der Waals surface area contributed by atoms with Gasteiger partial charge in [0.1, 0.15) is 5.75 Å². The third-order valence-corrected chi connectivity index (χ3v) is 3.57. The number of nitrogens with zero attached hydrogens (tertiary/aromatic N) is 1. The van der Waals surface area contributed by atoms with Crippen LogP contribution >= 0.6 is 11.3 Å². The number of thiazole rings is 1. The molecule has 1 aromatic heterocycles. The number of ether oxygens (including phenoxy) is 1. The first kappa shape index (κ1) is 10.7. The third kappa shape index (κ3) is 1.93. The molecule has 1 atom stereocenters. The van der Waals surface area contributed by atoms with E-state index in [1.165, 1.54) is 5.56 Å². The van der Waals surface area contributed by atoms with Crippen molar-refractivity contribution in [2.75, 3.05) is 6.61 Å². The lowest BCUT2D eigenvalue weighted by molar-refractivity contribution is 0.357. The van der Waals surface area contributed by atoms with Crippen molar-refractivity contribution < 1.29 is 4.74 Å². The molecular formula is C12H13N3OS. The molecule has 2 heterocycles. The Bertz CT molecular complexity index is 512. The number of benzene rings is 1. The highest BCUT2D eigenvalue weighted by Gasteiger charge is 2.18. The summed E-state index contributed by atoms with van der Waals surface area (Å²) in [7, 11) is 0. The van der Waals surface area contributed by atoms with Gasteiger partial charge in [0.25, 0.3) is 0 Å². The first-order valence-electron chi connectivity index (χ1n) is 5.48. The molecule has 4 nitrogen and oxygen atoms in total. The second-order valence-electron chi connectivity index (χ2n) is 3.98. The van der Waals surface area contributed by atoms with E-state index < -0.39 is 0 Å². The number of aromatic nitrogens is 1. The molecule has 0 saturated heterocycles. The molecule has 88 valence electrons. The Morgan fingerprint density at radius 3 is 3.18 bits per heavy atom. The normalized spacial score (nSPS) is 15.4. The van der Waals surface area contributed by atoms with Gasteiger partial charge in [0.15, 0.2) is 0 Å². The standard InChI is InChI=1S/C12H13N3OS/c13-15-12(10-6-17-7-14-10)9-1-2-11-8(5-9)3-4-16-11/h1-2,5-7,12,15H,3-4,13H2. The largest absolute Gasteiger partial charge is 0.493 e. The van der Waals surface area contributed by atoms with Crippen molar-refractivity contribution >= 4 is 11.3 Å². The van der Waals surface area contributed by atoms with Crippen molar-refractivity contribution in [1.29, 1.82) is 0 Å². The van der Waals surface area contributed by atoms with Crippen LogP contribution in [-0.2, 0) is 6.42 Å². The summed E-state index contributed by atoms with van der Waals surface area (Å²) in [4.78, 5) is 4.30. The summed E-state index contributed by atoms with van der Waals surface area (Å²) in [6.45, 7) is 0.774. The van der Waals surface area contributed by atoms with Crippen LogP contribution in [0.15, 0.2) is 29.1 Å². The second kappa shape index (κ2) is 4.44. The predicted molar refractivity (Wildman–Crippen MR) is 66.9 cm³/mol. The van der Waals surface area contributed by atoms with Gasteiger partial charge in [-0.05, 0) is 23.3 Å². The van der Waals surface area contributed by atoms with E-state index in [2.05, 4.69) is 16.5 Å². The molecule has 0 spiro atoms. The highest BCUT2D eigenvalue weighted by atomic mass is 32.1. The Morgan fingerprint density at radius 2 is 2.41 bits per heavy atom. The summed E-state index contributed by atoms with van der Waals surface area (Å²) in [5.74, 6) is 6.61. The van der Waals surface area contributed by atoms with Crippen LogP contribution < -0.4 is 16.0 Å². The van der Waals surface area contributed by atoms with Crippen molar-refractivity contribution in [1.82, 2.24) is 10.4 Å². The topological polar surface area (TPSA) is 60.2 Å². The number of hydrazine groups is 1. The molecule has 1 unspecified atom stereocenters. The summed E-state index contributed by atoms with van der Waals surface area (Å²) < 4.78 is 5.49. The van der Waals surface area contributed by atoms with Gasteiger partial charge in [0.2, 0.25) is 0 Å². The number of fused-ring (bicyclic) bond motifs is 1. The summed E-state index contributed by atoms with van der Waals surface area (Å²) >= 11 is 1.57. The maximum atomic E-state index is 5.62. The molecule has 1 aliphatic rings. The van der Waals surface area contributed by atoms with Gasteiger partial charge in [-0.3, -0.25) is 5.84 Å². The van der Waals surface area contributed by atoms with Gasteiger partial charge in [-0.25, -0.2) is 10.4 Å². The van der Waals surface area contributed by atoms with E-state index in [1.54, 1.807) is 11.3 Å². The maximum absolute atomic E-state index is 5.62. The van der Waals surface area contributed by atoms with E-state index >= 15 is 0 Å². The number of nitrogens with one attached hydrogen (secondary N) is 1. The maximum Gasteiger partial charge on any atom is 0.122 e. The van der Waals surface area contributed by atoms with Crippen molar-refractivity contribution in [3.05, 3.63) is 45.9 Å². The molecule has 1 aliphatic heterocycles. The van der Waals surface area contributed by atoms with Crippen molar-refractivity contribution in [3.63, 3.8) is 0 Å². The lowest BCUT2D eigenvalue weighted by Gasteiger charge is -2.14. The quantitative estimate of drug-likeness (QED) is 0.639. The summed E-state index contributed by atoms with van der Waals surface area (Å²) in [6.07, 6.45) is 0.970. The summed E-state index contributed by atoms with van der Waals surface area (Å²) in [5, 5.41) is 2.01. The van der Waals surface area contributed by atoms with E-state index in [1.807, 2.05) is 23.0 Å². The summed E-state index contributed by atoms with van der Waals surface area (Å²) in [5.41, 5.74) is 7.96. The van der Waals surface area contributed by atoms with Gasteiger partial charge >= 0.3 is 0 Å². The SMILES string of the molecule is NNC(c1ccc2c(c1)CCO2)c1cscn1. The van der Waals surface area contributed by atoms with Gasteiger partial charge < -0.3 is 4.74 Å². The zero-order chi connectivity index (χ0) is 11.7. The number of rotatable bonds is 3. The minimum absolute atomic E-state index is 0.0489. The molecule has 0 saturated carbocycles. The number of hydrogen-bond acceptors (Lipinski definition) is 5. The van der Waals surface area contributed by atoms with E-state index in [9.17, 15) is 0 Å².